The molecule has 0 bridgehead atoms. The number of amides is 1. The summed E-state index contributed by atoms with van der Waals surface area (Å²) in [4.78, 5) is 18.3. The Balaban J connectivity index is 1.47. The fraction of sp³-hybridized carbons (Fsp3) is 0.174. The predicted molar refractivity (Wildman–Crippen MR) is 107 cm³/mol. The van der Waals surface area contributed by atoms with E-state index in [1.54, 1.807) is 17.0 Å². The summed E-state index contributed by atoms with van der Waals surface area (Å²) in [5.41, 5.74) is 2.57. The highest BCUT2D eigenvalue weighted by Crippen LogP contribution is 2.36. The number of carbonyl (C=O) groups is 1. The van der Waals surface area contributed by atoms with Crippen LogP contribution in [0.2, 0.25) is 0 Å². The Bertz CT molecular complexity index is 1310. The molecule has 0 fully saturated rings. The van der Waals surface area contributed by atoms with E-state index in [9.17, 15) is 18.0 Å². The number of hydrogen-bond donors (Lipinski definition) is 0. The summed E-state index contributed by atoms with van der Waals surface area (Å²) in [5.74, 6) is -1.80. The largest absolute Gasteiger partial charge is 0.471 e. The molecule has 0 N–H and O–H groups in total. The van der Waals surface area contributed by atoms with E-state index in [0.29, 0.717) is 17.7 Å². The van der Waals surface area contributed by atoms with Crippen molar-refractivity contribution >= 4 is 16.7 Å². The van der Waals surface area contributed by atoms with E-state index in [1.165, 1.54) is 6.07 Å². The van der Waals surface area contributed by atoms with Gasteiger partial charge in [-0.2, -0.15) is 18.2 Å². The molecule has 1 aliphatic heterocycles. The SMILES string of the molecule is C[C@H](c1cccc2ccccc12)N1Cc2ccc(-c3noc(C(F)(F)F)n3)cc2C1=O. The van der Waals surface area contributed by atoms with Crippen molar-refractivity contribution in [2.45, 2.75) is 25.7 Å². The Morgan fingerprint density at radius 3 is 2.61 bits per heavy atom. The van der Waals surface area contributed by atoms with Gasteiger partial charge in [0.2, 0.25) is 5.82 Å². The second-order valence-corrected chi connectivity index (χ2v) is 7.47. The molecule has 0 radical (unpaired) electrons. The van der Waals surface area contributed by atoms with Crippen LogP contribution in [0.3, 0.4) is 0 Å². The molecule has 3 aromatic carbocycles. The molecule has 0 unspecified atom stereocenters. The number of fused-ring (bicyclic) bond motifs is 2. The average Bonchev–Trinajstić information content (AvgIpc) is 3.38. The van der Waals surface area contributed by atoms with Crippen LogP contribution >= 0.6 is 0 Å². The minimum atomic E-state index is -4.72. The van der Waals surface area contributed by atoms with Crippen LogP contribution in [0.1, 0.15) is 40.3 Å². The van der Waals surface area contributed by atoms with Crippen molar-refractivity contribution in [1.29, 1.82) is 0 Å². The van der Waals surface area contributed by atoms with E-state index < -0.39 is 12.1 Å². The van der Waals surface area contributed by atoms with Gasteiger partial charge in [0.05, 0.1) is 6.04 Å². The first kappa shape index (κ1) is 19.3. The van der Waals surface area contributed by atoms with Crippen molar-refractivity contribution in [3.63, 3.8) is 0 Å². The summed E-state index contributed by atoms with van der Waals surface area (Å²) in [6, 6.07) is 18.7. The molecule has 5 nitrogen and oxygen atoms in total. The monoisotopic (exact) mass is 423 g/mol. The quantitative estimate of drug-likeness (QED) is 0.429. The van der Waals surface area contributed by atoms with Crippen molar-refractivity contribution in [2.24, 2.45) is 0 Å². The van der Waals surface area contributed by atoms with Crippen LogP contribution in [-0.2, 0) is 12.7 Å². The van der Waals surface area contributed by atoms with E-state index >= 15 is 0 Å². The summed E-state index contributed by atoms with van der Waals surface area (Å²) in [6.45, 7) is 2.39. The second kappa shape index (κ2) is 6.94. The van der Waals surface area contributed by atoms with Crippen molar-refractivity contribution in [1.82, 2.24) is 15.0 Å². The van der Waals surface area contributed by atoms with E-state index in [-0.39, 0.29) is 17.8 Å². The molecular weight excluding hydrogens is 407 g/mol. The molecule has 0 spiro atoms. The zero-order valence-corrected chi connectivity index (χ0v) is 16.3. The zero-order chi connectivity index (χ0) is 21.8. The molecule has 0 aliphatic carbocycles. The highest BCUT2D eigenvalue weighted by atomic mass is 19.4. The fourth-order valence-electron chi connectivity index (χ4n) is 4.01. The molecule has 31 heavy (non-hydrogen) atoms. The molecule has 1 amide bonds. The maximum absolute atomic E-state index is 13.2. The Morgan fingerprint density at radius 1 is 1.06 bits per heavy atom. The fourth-order valence-corrected chi connectivity index (χ4v) is 4.01. The second-order valence-electron chi connectivity index (χ2n) is 7.47. The van der Waals surface area contributed by atoms with Crippen molar-refractivity contribution in [3.8, 4) is 11.4 Å². The lowest BCUT2D eigenvalue weighted by molar-refractivity contribution is -0.159. The van der Waals surface area contributed by atoms with Crippen molar-refractivity contribution in [3.05, 3.63) is 83.2 Å². The summed E-state index contributed by atoms with van der Waals surface area (Å²) in [7, 11) is 0. The van der Waals surface area contributed by atoms with Crippen LogP contribution in [0.4, 0.5) is 13.2 Å². The van der Waals surface area contributed by atoms with Gasteiger partial charge in [0, 0.05) is 17.7 Å². The summed E-state index contributed by atoms with van der Waals surface area (Å²) < 4.78 is 42.6. The highest BCUT2D eigenvalue weighted by molar-refractivity contribution is 6.00. The number of alkyl halides is 3. The standard InChI is InChI=1S/C23H16F3N3O2/c1-13(17-8-4-6-14-5-2-3-7-18(14)17)29-12-16-10-9-15(11-19(16)21(29)30)20-27-22(31-28-20)23(24,25)26/h2-11,13H,12H2,1H3/t13-/m1/s1. The molecule has 2 heterocycles. The van der Waals surface area contributed by atoms with E-state index in [4.69, 9.17) is 0 Å². The number of halogens is 3. The maximum Gasteiger partial charge on any atom is 0.471 e. The predicted octanol–water partition coefficient (Wildman–Crippen LogP) is 5.63. The number of carbonyl (C=O) groups excluding carboxylic acids is 1. The van der Waals surface area contributed by atoms with Gasteiger partial charge >= 0.3 is 12.1 Å². The van der Waals surface area contributed by atoms with Gasteiger partial charge in [-0.3, -0.25) is 4.79 Å². The number of rotatable bonds is 3. The Kier molecular flexibility index (Phi) is 4.32. The highest BCUT2D eigenvalue weighted by Gasteiger charge is 2.39. The summed E-state index contributed by atoms with van der Waals surface area (Å²) >= 11 is 0. The smallest absolute Gasteiger partial charge is 0.329 e. The van der Waals surface area contributed by atoms with Gasteiger partial charge in [-0.1, -0.05) is 59.8 Å². The van der Waals surface area contributed by atoms with Gasteiger partial charge in [-0.15, -0.1) is 0 Å². The first-order chi connectivity index (χ1) is 14.8. The molecular formula is C23H16F3N3O2. The van der Waals surface area contributed by atoms with Crippen LogP contribution in [0.15, 0.2) is 65.2 Å². The van der Waals surface area contributed by atoms with Gasteiger partial charge < -0.3 is 9.42 Å². The number of nitrogens with zero attached hydrogens (tertiary/aromatic N) is 3. The Morgan fingerprint density at radius 2 is 1.84 bits per heavy atom. The van der Waals surface area contributed by atoms with E-state index in [2.05, 4.69) is 14.7 Å². The minimum absolute atomic E-state index is 0.183. The molecule has 156 valence electrons. The van der Waals surface area contributed by atoms with Gasteiger partial charge in [0.15, 0.2) is 0 Å². The van der Waals surface area contributed by atoms with Crippen LogP contribution in [0.25, 0.3) is 22.2 Å². The molecule has 0 saturated carbocycles. The van der Waals surface area contributed by atoms with Crippen LogP contribution in [0.5, 0.6) is 0 Å². The molecule has 1 atom stereocenters. The third-order valence-corrected chi connectivity index (χ3v) is 5.61. The lowest BCUT2D eigenvalue weighted by atomic mass is 9.99. The lowest BCUT2D eigenvalue weighted by Crippen LogP contribution is -2.27. The molecule has 0 saturated heterocycles. The van der Waals surface area contributed by atoms with Gasteiger partial charge in [-0.25, -0.2) is 0 Å². The Hall–Kier alpha value is -3.68. The molecule has 4 aromatic rings. The number of hydrogen-bond acceptors (Lipinski definition) is 4. The van der Waals surface area contributed by atoms with E-state index in [1.807, 2.05) is 49.4 Å². The number of benzene rings is 3. The third kappa shape index (κ3) is 3.24. The molecule has 8 heteroatoms. The average molecular weight is 423 g/mol. The topological polar surface area (TPSA) is 59.2 Å². The molecule has 5 rings (SSSR count). The van der Waals surface area contributed by atoms with Crippen LogP contribution in [-0.4, -0.2) is 20.9 Å². The molecule has 1 aliphatic rings. The van der Waals surface area contributed by atoms with Crippen LogP contribution < -0.4 is 0 Å². The normalized spacial score (nSPS) is 14.8. The van der Waals surface area contributed by atoms with Gasteiger partial charge in [0.1, 0.15) is 0 Å². The van der Waals surface area contributed by atoms with Crippen LogP contribution in [0, 0.1) is 0 Å². The minimum Gasteiger partial charge on any atom is -0.329 e. The third-order valence-electron chi connectivity index (χ3n) is 5.61. The number of aromatic nitrogens is 2. The first-order valence-electron chi connectivity index (χ1n) is 9.66. The maximum atomic E-state index is 13.2. The van der Waals surface area contributed by atoms with E-state index in [0.717, 1.165) is 21.9 Å². The Labute approximate surface area is 175 Å². The molecule has 1 aromatic heterocycles. The lowest BCUT2D eigenvalue weighted by Gasteiger charge is -2.26. The van der Waals surface area contributed by atoms with Crippen molar-refractivity contribution in [2.75, 3.05) is 0 Å². The summed E-state index contributed by atoms with van der Waals surface area (Å²) in [6.07, 6.45) is -4.72. The van der Waals surface area contributed by atoms with Crippen molar-refractivity contribution < 1.29 is 22.5 Å². The van der Waals surface area contributed by atoms with Gasteiger partial charge in [-0.05, 0) is 34.9 Å². The van der Waals surface area contributed by atoms with Gasteiger partial charge in [0.25, 0.3) is 5.91 Å². The zero-order valence-electron chi connectivity index (χ0n) is 16.3. The summed E-state index contributed by atoms with van der Waals surface area (Å²) in [5, 5.41) is 5.58. The first-order valence-corrected chi connectivity index (χ1v) is 9.66.